The first-order chi connectivity index (χ1) is 8.72. The predicted molar refractivity (Wildman–Crippen MR) is 77.5 cm³/mol. The van der Waals surface area contributed by atoms with Crippen molar-refractivity contribution in [1.82, 2.24) is 10.6 Å². The average Bonchev–Trinajstić information content (AvgIpc) is 2.40. The molecule has 1 aliphatic carbocycles. The molecule has 96 valence electrons. The third-order valence-electron chi connectivity index (χ3n) is 2.06. The van der Waals surface area contributed by atoms with Crippen LogP contribution in [0.3, 0.4) is 0 Å². The largest absolute Gasteiger partial charge is 0.359 e. The van der Waals surface area contributed by atoms with Gasteiger partial charge in [-0.2, -0.15) is 0 Å². The van der Waals surface area contributed by atoms with Crippen LogP contribution in [-0.4, -0.2) is 6.41 Å². The van der Waals surface area contributed by atoms with Gasteiger partial charge in [-0.1, -0.05) is 25.3 Å². The second-order valence-electron chi connectivity index (χ2n) is 3.43. The van der Waals surface area contributed by atoms with Crippen molar-refractivity contribution in [2.75, 3.05) is 0 Å². The van der Waals surface area contributed by atoms with E-state index in [2.05, 4.69) is 43.0 Å². The summed E-state index contributed by atoms with van der Waals surface area (Å²) in [7, 11) is 0. The van der Waals surface area contributed by atoms with Gasteiger partial charge >= 0.3 is 0 Å². The Bertz CT molecular complexity index is 389. The van der Waals surface area contributed by atoms with Gasteiger partial charge < -0.3 is 10.6 Å². The minimum atomic E-state index is 0.537. The van der Waals surface area contributed by atoms with E-state index in [1.165, 1.54) is 0 Å². The lowest BCUT2D eigenvalue weighted by atomic mass is 10.1. The van der Waals surface area contributed by atoms with Gasteiger partial charge in [-0.15, -0.1) is 13.2 Å². The fourth-order valence-corrected chi connectivity index (χ4v) is 1.28. The van der Waals surface area contributed by atoms with Gasteiger partial charge in [0.25, 0.3) is 0 Å². The van der Waals surface area contributed by atoms with Crippen molar-refractivity contribution in [3.05, 3.63) is 73.8 Å². The van der Waals surface area contributed by atoms with Crippen LogP contribution in [0.4, 0.5) is 0 Å². The van der Waals surface area contributed by atoms with Gasteiger partial charge in [0.2, 0.25) is 6.41 Å². The summed E-state index contributed by atoms with van der Waals surface area (Å²) in [6.07, 6.45) is 12.3. The standard InChI is InChI=1S/C13H16N2O.C2H4/c1-11(14-10-16)8-9-12(2)15-13-6-4-3-5-7-13;1-2/h3-4,6,8-10,15H,1-2,5,7H2,(H,14,16);1-2H2/b9-8-;. The highest BCUT2D eigenvalue weighted by Crippen LogP contribution is 2.10. The Kier molecular flexibility index (Phi) is 8.64. The smallest absolute Gasteiger partial charge is 0.211 e. The Morgan fingerprint density at radius 1 is 1.22 bits per heavy atom. The zero-order valence-electron chi connectivity index (χ0n) is 10.6. The van der Waals surface area contributed by atoms with Crippen LogP contribution in [0.5, 0.6) is 0 Å². The zero-order chi connectivity index (χ0) is 13.8. The first-order valence-corrected chi connectivity index (χ1v) is 5.61. The topological polar surface area (TPSA) is 41.1 Å². The van der Waals surface area contributed by atoms with Crippen LogP contribution in [0.1, 0.15) is 12.8 Å². The normalized spacial score (nSPS) is 13.0. The van der Waals surface area contributed by atoms with Crippen LogP contribution in [0.25, 0.3) is 0 Å². The van der Waals surface area contributed by atoms with Crippen LogP contribution in [0.2, 0.25) is 0 Å². The highest BCUT2D eigenvalue weighted by molar-refractivity contribution is 5.51. The lowest BCUT2D eigenvalue weighted by Crippen LogP contribution is -2.12. The van der Waals surface area contributed by atoms with Crippen molar-refractivity contribution in [2.45, 2.75) is 12.8 Å². The molecule has 0 heterocycles. The molecule has 0 spiro atoms. The van der Waals surface area contributed by atoms with Crippen LogP contribution >= 0.6 is 0 Å². The first-order valence-electron chi connectivity index (χ1n) is 5.61. The van der Waals surface area contributed by atoms with Gasteiger partial charge in [0.05, 0.1) is 0 Å². The molecule has 1 rings (SSSR count). The maximum atomic E-state index is 10.1. The van der Waals surface area contributed by atoms with Crippen molar-refractivity contribution < 1.29 is 4.79 Å². The van der Waals surface area contributed by atoms with Gasteiger partial charge in [-0.25, -0.2) is 0 Å². The summed E-state index contributed by atoms with van der Waals surface area (Å²) < 4.78 is 0. The second kappa shape index (κ2) is 9.90. The molecule has 0 unspecified atom stereocenters. The maximum absolute atomic E-state index is 10.1. The van der Waals surface area contributed by atoms with E-state index in [0.29, 0.717) is 12.1 Å². The second-order valence-corrected chi connectivity index (χ2v) is 3.43. The summed E-state index contributed by atoms with van der Waals surface area (Å²) in [5.41, 5.74) is 2.46. The lowest BCUT2D eigenvalue weighted by Gasteiger charge is -2.11. The first kappa shape index (κ1) is 15.7. The highest BCUT2D eigenvalue weighted by Gasteiger charge is 1.98. The van der Waals surface area contributed by atoms with E-state index in [9.17, 15) is 4.79 Å². The van der Waals surface area contributed by atoms with Gasteiger partial charge in [-0.3, -0.25) is 4.79 Å². The Balaban J connectivity index is 0.00000137. The van der Waals surface area contributed by atoms with Gasteiger partial charge in [-0.05, 0) is 31.1 Å². The van der Waals surface area contributed by atoms with E-state index in [1.807, 2.05) is 12.2 Å². The Morgan fingerprint density at radius 3 is 2.44 bits per heavy atom. The molecular formula is C15H20N2O. The Labute approximate surface area is 109 Å². The van der Waals surface area contributed by atoms with Crippen molar-refractivity contribution in [2.24, 2.45) is 0 Å². The van der Waals surface area contributed by atoms with E-state index < -0.39 is 0 Å². The summed E-state index contributed by atoms with van der Waals surface area (Å²) in [5.74, 6) is 0. The van der Waals surface area contributed by atoms with Crippen molar-refractivity contribution in [3.8, 4) is 0 Å². The molecule has 0 atom stereocenters. The summed E-state index contributed by atoms with van der Waals surface area (Å²) in [6, 6.07) is 0. The fourth-order valence-electron chi connectivity index (χ4n) is 1.28. The van der Waals surface area contributed by atoms with Crippen LogP contribution < -0.4 is 10.6 Å². The molecule has 0 aliphatic heterocycles. The summed E-state index contributed by atoms with van der Waals surface area (Å²) in [4.78, 5) is 10.1. The molecule has 0 bridgehead atoms. The molecule has 0 saturated carbocycles. The lowest BCUT2D eigenvalue weighted by molar-refractivity contribution is -0.108. The number of amides is 1. The highest BCUT2D eigenvalue weighted by atomic mass is 16.1. The monoisotopic (exact) mass is 244 g/mol. The molecule has 0 radical (unpaired) electrons. The molecule has 3 nitrogen and oxygen atoms in total. The summed E-state index contributed by atoms with van der Waals surface area (Å²) in [5, 5.41) is 5.64. The number of carbonyl (C=O) groups excluding carboxylic acids is 1. The third-order valence-corrected chi connectivity index (χ3v) is 2.06. The molecule has 3 heteroatoms. The molecule has 18 heavy (non-hydrogen) atoms. The minimum Gasteiger partial charge on any atom is -0.359 e. The average molecular weight is 244 g/mol. The molecular weight excluding hydrogens is 224 g/mol. The molecule has 0 aromatic heterocycles. The van der Waals surface area contributed by atoms with E-state index in [0.717, 1.165) is 24.2 Å². The van der Waals surface area contributed by atoms with E-state index >= 15 is 0 Å². The van der Waals surface area contributed by atoms with Crippen molar-refractivity contribution in [1.29, 1.82) is 0 Å². The number of carbonyl (C=O) groups is 1. The Hall–Kier alpha value is -2.29. The van der Waals surface area contributed by atoms with Gasteiger partial charge in [0.1, 0.15) is 0 Å². The number of rotatable bonds is 6. The molecule has 0 aromatic carbocycles. The molecule has 0 saturated heterocycles. The third kappa shape index (κ3) is 7.06. The van der Waals surface area contributed by atoms with Crippen molar-refractivity contribution >= 4 is 6.41 Å². The summed E-state index contributed by atoms with van der Waals surface area (Å²) >= 11 is 0. The van der Waals surface area contributed by atoms with Crippen molar-refractivity contribution in [3.63, 3.8) is 0 Å². The quantitative estimate of drug-likeness (QED) is 0.428. The number of hydrogen-bond donors (Lipinski definition) is 2. The number of allylic oxidation sites excluding steroid dienone is 6. The van der Waals surface area contributed by atoms with Crippen LogP contribution in [0, 0.1) is 0 Å². The number of nitrogens with one attached hydrogen (secondary N) is 2. The molecule has 1 amide bonds. The summed E-state index contributed by atoms with van der Waals surface area (Å²) in [6.45, 7) is 13.5. The zero-order valence-corrected chi connectivity index (χ0v) is 10.6. The molecule has 2 N–H and O–H groups in total. The molecule has 1 aliphatic rings. The number of hydrogen-bond acceptors (Lipinski definition) is 2. The van der Waals surface area contributed by atoms with Gasteiger partial charge in [0.15, 0.2) is 0 Å². The predicted octanol–water partition coefficient (Wildman–Crippen LogP) is 2.94. The van der Waals surface area contributed by atoms with Gasteiger partial charge in [0, 0.05) is 17.1 Å². The van der Waals surface area contributed by atoms with E-state index in [1.54, 1.807) is 12.2 Å². The van der Waals surface area contributed by atoms with Crippen LogP contribution in [0.15, 0.2) is 73.8 Å². The molecule has 0 aromatic rings. The molecule has 0 fully saturated rings. The fraction of sp³-hybridized carbons (Fsp3) is 0.133. The maximum Gasteiger partial charge on any atom is 0.211 e. The van der Waals surface area contributed by atoms with Crippen LogP contribution in [-0.2, 0) is 4.79 Å². The minimum absolute atomic E-state index is 0.537. The Morgan fingerprint density at radius 2 is 1.89 bits per heavy atom. The SMILES string of the molecule is C=C.C=C(/C=C\C(=C)NC1=CC=CCC1)NC=O. The van der Waals surface area contributed by atoms with E-state index in [4.69, 9.17) is 0 Å². The van der Waals surface area contributed by atoms with E-state index in [-0.39, 0.29) is 0 Å².